The lowest BCUT2D eigenvalue weighted by atomic mass is 10.0. The van der Waals surface area contributed by atoms with Crippen molar-refractivity contribution in [2.45, 2.75) is 0 Å². The van der Waals surface area contributed by atoms with Gasteiger partial charge in [-0.25, -0.2) is 0 Å². The molecule has 0 atom stereocenters. The maximum atomic E-state index is 13.3. The minimum atomic E-state index is -0.162. The largest absolute Gasteiger partial charge is 0.343 e. The van der Waals surface area contributed by atoms with Crippen LogP contribution >= 0.6 is 0 Å². The first-order valence-electron chi connectivity index (χ1n) is 11.1. The predicted octanol–water partition coefficient (Wildman–Crippen LogP) is 6.55. The van der Waals surface area contributed by atoms with Crippen LogP contribution in [0.2, 0.25) is 0 Å². The number of carbonyl (C=O) groups excluding carboxylic acids is 1. The fraction of sp³-hybridized carbons (Fsp3) is 0.0333. The van der Waals surface area contributed by atoms with Crippen LogP contribution in [0, 0.1) is 0 Å². The van der Waals surface area contributed by atoms with Crippen molar-refractivity contribution in [2.75, 3.05) is 0 Å². The minimum absolute atomic E-state index is 0.162. The summed E-state index contributed by atoms with van der Waals surface area (Å²) in [7, 11) is 2.06. The first-order valence-corrected chi connectivity index (χ1v) is 11.1. The molecule has 5 rings (SSSR count). The summed E-state index contributed by atoms with van der Waals surface area (Å²) in [4.78, 5) is 13.3. The smallest absolute Gasteiger partial charge is 0.213 e. The molecule has 34 heavy (non-hydrogen) atoms. The molecule has 4 aromatic carbocycles. The van der Waals surface area contributed by atoms with Crippen LogP contribution in [0.4, 0.5) is 0 Å². The number of nitrogens with zero attached hydrogens (tertiary/aromatic N) is 3. The molecule has 0 aliphatic carbocycles. The van der Waals surface area contributed by atoms with E-state index in [0.29, 0.717) is 11.3 Å². The first kappa shape index (κ1) is 21.3. The fourth-order valence-electron chi connectivity index (χ4n) is 4.20. The Hall–Kier alpha value is -4.57. The van der Waals surface area contributed by atoms with E-state index >= 15 is 0 Å². The molecular weight excluding hydrogens is 418 g/mol. The summed E-state index contributed by atoms with van der Waals surface area (Å²) >= 11 is 0. The van der Waals surface area contributed by atoms with Gasteiger partial charge in [-0.1, -0.05) is 109 Å². The Morgan fingerprint density at radius 3 is 1.94 bits per heavy atom. The van der Waals surface area contributed by atoms with Crippen LogP contribution in [-0.2, 0) is 7.05 Å². The van der Waals surface area contributed by atoms with E-state index in [4.69, 9.17) is 0 Å². The molecule has 1 aromatic heterocycles. The number of aromatic nitrogens is 1. The van der Waals surface area contributed by atoms with Crippen molar-refractivity contribution in [3.8, 4) is 11.3 Å². The SMILES string of the molecule is Cn1c(-c2ccccc2)c(C=NN=C(C(=O)c2ccccc2)c2ccccc2)c2ccccc21. The lowest BCUT2D eigenvalue weighted by Gasteiger charge is -2.06. The molecule has 4 nitrogen and oxygen atoms in total. The normalized spacial score (nSPS) is 11.9. The van der Waals surface area contributed by atoms with E-state index in [0.717, 1.165) is 33.3 Å². The Bertz CT molecular complexity index is 1500. The molecule has 164 valence electrons. The number of para-hydroxylation sites is 1. The number of aryl methyl sites for hydroxylation is 1. The Kier molecular flexibility index (Phi) is 5.95. The van der Waals surface area contributed by atoms with E-state index in [1.54, 1.807) is 18.3 Å². The minimum Gasteiger partial charge on any atom is -0.343 e. The predicted molar refractivity (Wildman–Crippen MR) is 140 cm³/mol. The summed E-state index contributed by atoms with van der Waals surface area (Å²) in [5.41, 5.74) is 5.84. The highest BCUT2D eigenvalue weighted by Crippen LogP contribution is 2.31. The molecule has 4 heteroatoms. The van der Waals surface area contributed by atoms with E-state index in [-0.39, 0.29) is 5.78 Å². The van der Waals surface area contributed by atoms with Gasteiger partial charge in [0.15, 0.2) is 0 Å². The van der Waals surface area contributed by atoms with Crippen LogP contribution in [0.15, 0.2) is 125 Å². The van der Waals surface area contributed by atoms with Crippen molar-refractivity contribution < 1.29 is 4.79 Å². The molecule has 0 aliphatic heterocycles. The Balaban J connectivity index is 1.63. The number of fused-ring (bicyclic) bond motifs is 1. The van der Waals surface area contributed by atoms with Crippen molar-refractivity contribution in [1.82, 2.24) is 4.57 Å². The molecule has 0 N–H and O–H groups in total. The highest BCUT2D eigenvalue weighted by molar-refractivity contribution is 6.51. The topological polar surface area (TPSA) is 46.7 Å². The summed E-state index contributed by atoms with van der Waals surface area (Å²) in [5, 5.41) is 9.97. The second kappa shape index (κ2) is 9.51. The number of benzene rings is 4. The zero-order chi connectivity index (χ0) is 23.3. The van der Waals surface area contributed by atoms with Crippen molar-refractivity contribution in [2.24, 2.45) is 17.3 Å². The third-order valence-electron chi connectivity index (χ3n) is 5.84. The summed E-state index contributed by atoms with van der Waals surface area (Å²) in [6.07, 6.45) is 1.76. The molecule has 0 radical (unpaired) electrons. The average molecular weight is 442 g/mol. The van der Waals surface area contributed by atoms with E-state index in [1.807, 2.05) is 78.9 Å². The Labute approximate surface area is 198 Å². The number of hydrogen-bond acceptors (Lipinski definition) is 3. The quantitative estimate of drug-likeness (QED) is 0.167. The van der Waals surface area contributed by atoms with E-state index in [1.165, 1.54) is 0 Å². The summed E-state index contributed by atoms with van der Waals surface area (Å²) in [5.74, 6) is -0.162. The molecule has 0 aliphatic rings. The van der Waals surface area contributed by atoms with Crippen molar-refractivity contribution >= 4 is 28.6 Å². The third-order valence-corrected chi connectivity index (χ3v) is 5.84. The molecule has 0 unspecified atom stereocenters. The molecule has 0 fully saturated rings. The molecule has 5 aromatic rings. The van der Waals surface area contributed by atoms with Gasteiger partial charge in [-0.15, -0.1) is 5.10 Å². The Morgan fingerprint density at radius 2 is 1.26 bits per heavy atom. The van der Waals surface area contributed by atoms with Gasteiger partial charge in [-0.3, -0.25) is 4.79 Å². The van der Waals surface area contributed by atoms with Crippen molar-refractivity contribution in [1.29, 1.82) is 0 Å². The molecule has 1 heterocycles. The zero-order valence-corrected chi connectivity index (χ0v) is 18.8. The number of Topliss-reactive ketones (excluding diaryl/α,β-unsaturated/α-hetero) is 1. The molecule has 0 saturated carbocycles. The van der Waals surface area contributed by atoms with Gasteiger partial charge < -0.3 is 4.57 Å². The number of ketones is 1. The van der Waals surface area contributed by atoms with E-state index in [2.05, 4.69) is 46.1 Å². The van der Waals surface area contributed by atoms with Crippen molar-refractivity contribution in [3.63, 3.8) is 0 Å². The number of carbonyl (C=O) groups is 1. The molecule has 0 bridgehead atoms. The molecular formula is C30H23N3O. The summed E-state index contributed by atoms with van der Waals surface area (Å²) in [6.45, 7) is 0. The van der Waals surface area contributed by atoms with Crippen molar-refractivity contribution in [3.05, 3.63) is 132 Å². The lowest BCUT2D eigenvalue weighted by molar-refractivity contribution is 0.106. The van der Waals surface area contributed by atoms with Gasteiger partial charge in [0.25, 0.3) is 0 Å². The first-order chi connectivity index (χ1) is 16.7. The second-order valence-electron chi connectivity index (χ2n) is 7.96. The van der Waals surface area contributed by atoms with Gasteiger partial charge in [0.1, 0.15) is 5.71 Å². The van der Waals surface area contributed by atoms with Crippen LogP contribution in [-0.4, -0.2) is 22.3 Å². The highest BCUT2D eigenvalue weighted by atomic mass is 16.1. The standard InChI is InChI=1S/C30H23N3O/c1-33-27-20-12-11-19-25(27)26(29(33)23-15-7-3-8-16-23)21-31-32-28(22-13-5-2-6-14-22)30(34)24-17-9-4-10-18-24/h2-21H,1H3. The van der Waals surface area contributed by atoms with Crippen LogP contribution in [0.3, 0.4) is 0 Å². The fourth-order valence-corrected chi connectivity index (χ4v) is 4.20. The monoisotopic (exact) mass is 441 g/mol. The number of hydrogen-bond donors (Lipinski definition) is 0. The van der Waals surface area contributed by atoms with Crippen LogP contribution < -0.4 is 0 Å². The lowest BCUT2D eigenvalue weighted by Crippen LogP contribution is -2.15. The molecule has 0 saturated heterocycles. The van der Waals surface area contributed by atoms with Gasteiger partial charge in [0.2, 0.25) is 5.78 Å². The molecule has 0 spiro atoms. The summed E-state index contributed by atoms with van der Waals surface area (Å²) in [6, 6.07) is 37.1. The van der Waals surface area contributed by atoms with Gasteiger partial charge in [0, 0.05) is 34.6 Å². The average Bonchev–Trinajstić information content (AvgIpc) is 3.19. The maximum absolute atomic E-state index is 13.3. The van der Waals surface area contributed by atoms with E-state index < -0.39 is 0 Å². The summed E-state index contributed by atoms with van der Waals surface area (Å²) < 4.78 is 2.17. The number of rotatable bonds is 6. The van der Waals surface area contributed by atoms with E-state index in [9.17, 15) is 4.79 Å². The highest BCUT2D eigenvalue weighted by Gasteiger charge is 2.17. The van der Waals surface area contributed by atoms with Gasteiger partial charge in [-0.2, -0.15) is 5.10 Å². The van der Waals surface area contributed by atoms with Gasteiger partial charge >= 0.3 is 0 Å². The Morgan fingerprint density at radius 1 is 0.706 bits per heavy atom. The van der Waals surface area contributed by atoms with Crippen LogP contribution in [0.5, 0.6) is 0 Å². The maximum Gasteiger partial charge on any atom is 0.213 e. The molecule has 0 amide bonds. The van der Waals surface area contributed by atoms with Gasteiger partial charge in [-0.05, 0) is 11.6 Å². The van der Waals surface area contributed by atoms with Crippen LogP contribution in [0.1, 0.15) is 21.5 Å². The third kappa shape index (κ3) is 4.09. The zero-order valence-electron chi connectivity index (χ0n) is 18.8. The van der Waals surface area contributed by atoms with Crippen LogP contribution in [0.25, 0.3) is 22.2 Å². The second-order valence-corrected chi connectivity index (χ2v) is 7.96. The van der Waals surface area contributed by atoms with Gasteiger partial charge in [0.05, 0.1) is 11.9 Å².